The summed E-state index contributed by atoms with van der Waals surface area (Å²) in [5.74, 6) is -0.361. The second kappa shape index (κ2) is 5.40. The first-order chi connectivity index (χ1) is 9.37. The highest BCUT2D eigenvalue weighted by Gasteiger charge is 2.36. The quantitative estimate of drug-likeness (QED) is 0.871. The van der Waals surface area contributed by atoms with Gasteiger partial charge in [0.15, 0.2) is 0 Å². The number of nitrogens with one attached hydrogen (secondary N) is 1. The zero-order chi connectivity index (χ0) is 14.9. The van der Waals surface area contributed by atoms with Gasteiger partial charge in [0.05, 0.1) is 5.56 Å². The van der Waals surface area contributed by atoms with Crippen LogP contribution in [0.1, 0.15) is 12.5 Å². The van der Waals surface area contributed by atoms with Gasteiger partial charge in [0.25, 0.3) is 0 Å². The maximum Gasteiger partial charge on any atom is 0.245 e. The average molecular weight is 314 g/mol. The van der Waals surface area contributed by atoms with Crippen molar-refractivity contribution in [2.75, 3.05) is 13.1 Å². The topological polar surface area (TPSA) is 90.3 Å². The number of halogens is 1. The van der Waals surface area contributed by atoms with Gasteiger partial charge in [-0.15, -0.1) is 0 Å². The number of hydrogen-bond donors (Lipinski definition) is 1. The van der Waals surface area contributed by atoms with Crippen molar-refractivity contribution in [2.45, 2.75) is 17.9 Å². The molecule has 6 nitrogen and oxygen atoms in total. The molecule has 0 radical (unpaired) electrons. The lowest BCUT2D eigenvalue weighted by molar-refractivity contribution is -0.126. The van der Waals surface area contributed by atoms with E-state index >= 15 is 0 Å². The summed E-state index contributed by atoms with van der Waals surface area (Å²) in [6, 6.07) is 5.04. The molecule has 1 N–H and O–H groups in total. The number of nitrogens with zero attached hydrogens (tertiary/aromatic N) is 2. The predicted octanol–water partition coefficient (Wildman–Crippen LogP) is 0.721. The summed E-state index contributed by atoms with van der Waals surface area (Å²) in [6.07, 6.45) is 0. The fourth-order valence-corrected chi connectivity index (χ4v) is 4.02. The summed E-state index contributed by atoms with van der Waals surface area (Å²) >= 11 is 5.81. The summed E-state index contributed by atoms with van der Waals surface area (Å²) in [4.78, 5) is 11.4. The number of nitriles is 1. The maximum atomic E-state index is 12.6. The summed E-state index contributed by atoms with van der Waals surface area (Å²) in [5, 5.41) is 11.8. The Labute approximate surface area is 122 Å². The summed E-state index contributed by atoms with van der Waals surface area (Å²) in [7, 11) is -3.94. The largest absolute Gasteiger partial charge is 0.353 e. The molecule has 0 bridgehead atoms. The number of hydrogen-bond acceptors (Lipinski definition) is 4. The summed E-state index contributed by atoms with van der Waals surface area (Å²) in [6.45, 7) is 1.90. The molecule has 1 aliphatic heterocycles. The van der Waals surface area contributed by atoms with E-state index in [0.29, 0.717) is 0 Å². The number of piperazine rings is 1. The van der Waals surface area contributed by atoms with Gasteiger partial charge in [0, 0.05) is 18.1 Å². The highest BCUT2D eigenvalue weighted by Crippen LogP contribution is 2.25. The molecule has 1 aliphatic rings. The number of carbonyl (C=O) groups is 1. The van der Waals surface area contributed by atoms with E-state index in [2.05, 4.69) is 5.32 Å². The van der Waals surface area contributed by atoms with Crippen LogP contribution in [0.5, 0.6) is 0 Å². The Morgan fingerprint density at radius 3 is 2.85 bits per heavy atom. The Kier molecular flexibility index (Phi) is 3.99. The minimum absolute atomic E-state index is 0.00702. The van der Waals surface area contributed by atoms with Crippen LogP contribution in [-0.4, -0.2) is 37.8 Å². The van der Waals surface area contributed by atoms with Gasteiger partial charge >= 0.3 is 0 Å². The van der Waals surface area contributed by atoms with Crippen LogP contribution in [0.2, 0.25) is 5.02 Å². The maximum absolute atomic E-state index is 12.6. The van der Waals surface area contributed by atoms with Crippen LogP contribution in [-0.2, 0) is 14.8 Å². The number of amides is 1. The van der Waals surface area contributed by atoms with Crippen molar-refractivity contribution >= 4 is 27.5 Å². The van der Waals surface area contributed by atoms with Crippen molar-refractivity contribution in [1.29, 1.82) is 5.26 Å². The van der Waals surface area contributed by atoms with Crippen LogP contribution < -0.4 is 5.32 Å². The Morgan fingerprint density at radius 2 is 2.20 bits per heavy atom. The lowest BCUT2D eigenvalue weighted by Gasteiger charge is -2.31. The van der Waals surface area contributed by atoms with E-state index in [9.17, 15) is 13.2 Å². The molecule has 0 saturated carbocycles. The van der Waals surface area contributed by atoms with Crippen molar-refractivity contribution in [2.24, 2.45) is 0 Å². The van der Waals surface area contributed by atoms with Gasteiger partial charge in [0.2, 0.25) is 15.9 Å². The molecule has 106 valence electrons. The molecule has 2 rings (SSSR count). The van der Waals surface area contributed by atoms with E-state index in [-0.39, 0.29) is 34.5 Å². The summed E-state index contributed by atoms with van der Waals surface area (Å²) < 4.78 is 26.3. The second-order valence-electron chi connectivity index (χ2n) is 4.34. The number of carbonyl (C=O) groups excluding carboxylic acids is 1. The van der Waals surface area contributed by atoms with E-state index in [0.717, 1.165) is 4.31 Å². The molecule has 1 heterocycles. The SMILES string of the molecule is CC1C(=O)NCCN1S(=O)(=O)c1cc(Cl)ccc1C#N. The lowest BCUT2D eigenvalue weighted by Crippen LogP contribution is -2.55. The van der Waals surface area contributed by atoms with Crippen LogP contribution in [0.3, 0.4) is 0 Å². The van der Waals surface area contributed by atoms with E-state index in [1.807, 2.05) is 6.07 Å². The van der Waals surface area contributed by atoms with E-state index < -0.39 is 16.1 Å². The summed E-state index contributed by atoms with van der Waals surface area (Å²) in [5.41, 5.74) is 0.00702. The standard InChI is InChI=1S/C12H12ClN3O3S/c1-8-12(17)15-4-5-16(8)20(18,19)11-6-10(13)3-2-9(11)7-14/h2-3,6,8H,4-5H2,1H3,(H,15,17). The first-order valence-electron chi connectivity index (χ1n) is 5.87. The van der Waals surface area contributed by atoms with Crippen molar-refractivity contribution in [1.82, 2.24) is 9.62 Å². The molecule has 1 fully saturated rings. The molecule has 1 unspecified atom stereocenters. The first kappa shape index (κ1) is 14.8. The molecular formula is C12H12ClN3O3S. The van der Waals surface area contributed by atoms with Crippen LogP contribution >= 0.6 is 11.6 Å². The molecule has 1 saturated heterocycles. The van der Waals surface area contributed by atoms with Gasteiger partial charge in [-0.25, -0.2) is 8.42 Å². The Morgan fingerprint density at radius 1 is 1.50 bits per heavy atom. The lowest BCUT2D eigenvalue weighted by atomic mass is 10.2. The van der Waals surface area contributed by atoms with E-state index in [4.69, 9.17) is 16.9 Å². The molecule has 1 amide bonds. The predicted molar refractivity (Wildman–Crippen MR) is 72.5 cm³/mol. The minimum Gasteiger partial charge on any atom is -0.353 e. The third kappa shape index (κ3) is 2.50. The van der Waals surface area contributed by atoms with Gasteiger partial charge in [-0.3, -0.25) is 4.79 Å². The van der Waals surface area contributed by atoms with E-state index in [1.54, 1.807) is 0 Å². The Hall–Kier alpha value is -1.62. The normalized spacial score (nSPS) is 20.2. The molecule has 20 heavy (non-hydrogen) atoms. The first-order valence-corrected chi connectivity index (χ1v) is 7.69. The highest BCUT2D eigenvalue weighted by molar-refractivity contribution is 7.89. The molecule has 1 aromatic carbocycles. The van der Waals surface area contributed by atoms with Crippen molar-refractivity contribution in [3.63, 3.8) is 0 Å². The van der Waals surface area contributed by atoms with Crippen LogP contribution in [0.25, 0.3) is 0 Å². The third-order valence-corrected chi connectivity index (χ3v) is 5.34. The molecule has 1 aromatic rings. The smallest absolute Gasteiger partial charge is 0.245 e. The van der Waals surface area contributed by atoms with Crippen molar-refractivity contribution in [3.05, 3.63) is 28.8 Å². The molecular weight excluding hydrogens is 302 g/mol. The zero-order valence-electron chi connectivity index (χ0n) is 10.6. The van der Waals surface area contributed by atoms with Crippen LogP contribution in [0.15, 0.2) is 23.1 Å². The highest BCUT2D eigenvalue weighted by atomic mass is 35.5. The minimum atomic E-state index is -3.94. The Balaban J connectivity index is 2.53. The van der Waals surface area contributed by atoms with Gasteiger partial charge in [0.1, 0.15) is 17.0 Å². The zero-order valence-corrected chi connectivity index (χ0v) is 12.2. The fourth-order valence-electron chi connectivity index (χ4n) is 2.02. The van der Waals surface area contributed by atoms with Gasteiger partial charge in [-0.1, -0.05) is 11.6 Å². The number of rotatable bonds is 2. The van der Waals surface area contributed by atoms with Gasteiger partial charge < -0.3 is 5.32 Å². The second-order valence-corrected chi connectivity index (χ2v) is 6.63. The van der Waals surface area contributed by atoms with Gasteiger partial charge in [-0.05, 0) is 25.1 Å². The average Bonchev–Trinajstić information content (AvgIpc) is 2.41. The third-order valence-electron chi connectivity index (χ3n) is 3.09. The van der Waals surface area contributed by atoms with E-state index in [1.165, 1.54) is 25.1 Å². The molecule has 8 heteroatoms. The number of sulfonamides is 1. The van der Waals surface area contributed by atoms with Crippen molar-refractivity contribution < 1.29 is 13.2 Å². The Bertz CT molecular complexity index is 696. The van der Waals surface area contributed by atoms with Gasteiger partial charge in [-0.2, -0.15) is 9.57 Å². The number of benzene rings is 1. The molecule has 0 aromatic heterocycles. The molecule has 0 aliphatic carbocycles. The van der Waals surface area contributed by atoms with Crippen molar-refractivity contribution in [3.8, 4) is 6.07 Å². The van der Waals surface area contributed by atoms with Crippen LogP contribution in [0, 0.1) is 11.3 Å². The molecule has 1 atom stereocenters. The fraction of sp³-hybridized carbons (Fsp3) is 0.333. The molecule has 0 spiro atoms. The monoisotopic (exact) mass is 313 g/mol. The van der Waals surface area contributed by atoms with Crippen LogP contribution in [0.4, 0.5) is 0 Å².